The van der Waals surface area contributed by atoms with Gasteiger partial charge in [0.1, 0.15) is 24.2 Å². The molecular weight excluding hydrogens is 600 g/mol. The number of unbranched alkanes of at least 4 members (excludes halogenated alkanes) is 3. The Kier molecular flexibility index (Phi) is 14.7. The molecule has 1 fully saturated rings. The van der Waals surface area contributed by atoms with Crippen LogP contribution in [0.15, 0.2) is 97.6 Å². The quantitative estimate of drug-likeness (QED) is 0.0607. The second-order valence-corrected chi connectivity index (χ2v) is 10.9. The van der Waals surface area contributed by atoms with Gasteiger partial charge in [0.05, 0.1) is 18.8 Å². The summed E-state index contributed by atoms with van der Waals surface area (Å²) in [6.45, 7) is 5.03. The lowest BCUT2D eigenvalue weighted by molar-refractivity contribution is -0.200. The monoisotopic (exact) mass is 642 g/mol. The normalized spacial score (nSPS) is 15.0. The number of rotatable bonds is 18. The minimum atomic E-state index is -0.495. The molecule has 47 heavy (non-hydrogen) atoms. The highest BCUT2D eigenvalue weighted by Gasteiger charge is 2.22. The molecule has 0 aliphatic carbocycles. The SMILES string of the molecule is C=CC(=O)OCCCCCCOc1ccc(C(=O)Oc2ccc(C=CC(=O)OCC(O[C@@H]3CCCCO3)c3ccccc3)cc2)cc1. The second kappa shape index (κ2) is 19.7. The molecule has 1 aliphatic heterocycles. The maximum absolute atomic E-state index is 12.6. The lowest BCUT2D eigenvalue weighted by Crippen LogP contribution is -2.26. The molecule has 1 saturated heterocycles. The Morgan fingerprint density at radius 1 is 0.809 bits per heavy atom. The topological polar surface area (TPSA) is 107 Å². The van der Waals surface area contributed by atoms with Crippen molar-refractivity contribution >= 4 is 24.0 Å². The van der Waals surface area contributed by atoms with E-state index in [9.17, 15) is 14.4 Å². The molecule has 3 aromatic carbocycles. The Balaban J connectivity index is 1.16. The molecule has 0 saturated carbocycles. The van der Waals surface area contributed by atoms with Gasteiger partial charge in [-0.1, -0.05) is 49.0 Å². The fourth-order valence-electron chi connectivity index (χ4n) is 4.73. The third-order valence-corrected chi connectivity index (χ3v) is 7.31. The van der Waals surface area contributed by atoms with Gasteiger partial charge in [-0.3, -0.25) is 0 Å². The van der Waals surface area contributed by atoms with Crippen molar-refractivity contribution in [2.75, 3.05) is 26.4 Å². The predicted octanol–water partition coefficient (Wildman–Crippen LogP) is 7.42. The maximum atomic E-state index is 12.6. The summed E-state index contributed by atoms with van der Waals surface area (Å²) in [4.78, 5) is 36.1. The van der Waals surface area contributed by atoms with E-state index in [1.807, 2.05) is 30.3 Å². The fraction of sp³-hybridized carbons (Fsp3) is 0.342. The first kappa shape index (κ1) is 35.1. The third kappa shape index (κ3) is 12.9. The van der Waals surface area contributed by atoms with Crippen LogP contribution in [0, 0.1) is 0 Å². The zero-order chi connectivity index (χ0) is 33.1. The highest BCUT2D eigenvalue weighted by molar-refractivity contribution is 5.91. The van der Waals surface area contributed by atoms with Crippen molar-refractivity contribution in [3.63, 3.8) is 0 Å². The molecule has 2 atom stereocenters. The Bertz CT molecular complexity index is 1430. The number of ether oxygens (including phenoxy) is 6. The van der Waals surface area contributed by atoms with Gasteiger partial charge in [0.15, 0.2) is 6.29 Å². The molecule has 9 nitrogen and oxygen atoms in total. The molecule has 9 heteroatoms. The molecule has 1 aliphatic rings. The summed E-state index contributed by atoms with van der Waals surface area (Å²) < 4.78 is 33.6. The minimum absolute atomic E-state index is 0.0625. The van der Waals surface area contributed by atoms with Crippen LogP contribution in [0.4, 0.5) is 0 Å². The van der Waals surface area contributed by atoms with Crippen LogP contribution < -0.4 is 9.47 Å². The molecule has 248 valence electrons. The van der Waals surface area contributed by atoms with Crippen LogP contribution in [-0.4, -0.2) is 50.6 Å². The largest absolute Gasteiger partial charge is 0.494 e. The number of hydrogen-bond donors (Lipinski definition) is 0. The van der Waals surface area contributed by atoms with Gasteiger partial charge in [-0.25, -0.2) is 14.4 Å². The Morgan fingerprint density at radius 2 is 1.53 bits per heavy atom. The summed E-state index contributed by atoms with van der Waals surface area (Å²) >= 11 is 0. The molecule has 0 N–H and O–H groups in total. The summed E-state index contributed by atoms with van der Waals surface area (Å²) in [7, 11) is 0. The Morgan fingerprint density at radius 3 is 2.23 bits per heavy atom. The van der Waals surface area contributed by atoms with Gasteiger partial charge in [0.2, 0.25) is 0 Å². The van der Waals surface area contributed by atoms with E-state index in [0.717, 1.165) is 62.1 Å². The van der Waals surface area contributed by atoms with E-state index in [1.165, 1.54) is 6.08 Å². The molecule has 0 spiro atoms. The number of carbonyl (C=O) groups is 3. The zero-order valence-electron chi connectivity index (χ0n) is 26.6. The van der Waals surface area contributed by atoms with E-state index < -0.39 is 24.0 Å². The van der Waals surface area contributed by atoms with Crippen molar-refractivity contribution in [2.24, 2.45) is 0 Å². The molecule has 1 heterocycles. The number of hydrogen-bond acceptors (Lipinski definition) is 9. The van der Waals surface area contributed by atoms with E-state index >= 15 is 0 Å². The molecular formula is C38H42O9. The van der Waals surface area contributed by atoms with Crippen LogP contribution >= 0.6 is 0 Å². The molecule has 0 radical (unpaired) electrons. The van der Waals surface area contributed by atoms with E-state index in [4.69, 9.17) is 28.4 Å². The van der Waals surface area contributed by atoms with Crippen LogP contribution in [0.3, 0.4) is 0 Å². The molecule has 3 aromatic rings. The van der Waals surface area contributed by atoms with Crippen LogP contribution in [0.1, 0.15) is 72.5 Å². The van der Waals surface area contributed by atoms with E-state index in [2.05, 4.69) is 6.58 Å². The van der Waals surface area contributed by atoms with Gasteiger partial charge in [-0.05, 0) is 98.5 Å². The summed E-state index contributed by atoms with van der Waals surface area (Å²) in [5.41, 5.74) is 2.05. The highest BCUT2D eigenvalue weighted by atomic mass is 16.7. The van der Waals surface area contributed by atoms with Gasteiger partial charge in [-0.15, -0.1) is 0 Å². The van der Waals surface area contributed by atoms with Crippen molar-refractivity contribution in [1.29, 1.82) is 0 Å². The van der Waals surface area contributed by atoms with Crippen molar-refractivity contribution in [3.05, 3.63) is 114 Å². The van der Waals surface area contributed by atoms with Crippen molar-refractivity contribution < 1.29 is 42.8 Å². The zero-order valence-corrected chi connectivity index (χ0v) is 26.6. The standard InChI is InChI=1S/C38H42O9/c1-2-35(39)43-26-10-4-3-9-25-42-32-22-18-31(19-23-32)38(41)46-33-20-15-29(16-21-33)17-24-36(40)45-28-34(30-12-6-5-7-13-30)47-37-14-8-11-27-44-37/h2,5-7,12-13,15-24,34,37H,1,3-4,8-11,14,25-28H2/t34?,37-/m1/s1. The van der Waals surface area contributed by atoms with Crippen LogP contribution in [-0.2, 0) is 28.5 Å². The van der Waals surface area contributed by atoms with Crippen molar-refractivity contribution in [2.45, 2.75) is 57.3 Å². The van der Waals surface area contributed by atoms with Crippen molar-refractivity contribution in [1.82, 2.24) is 0 Å². The average Bonchev–Trinajstić information content (AvgIpc) is 3.11. The molecule has 0 bridgehead atoms. The summed E-state index contributed by atoms with van der Waals surface area (Å²) in [5, 5.41) is 0. The van der Waals surface area contributed by atoms with Gasteiger partial charge < -0.3 is 28.4 Å². The first-order valence-electron chi connectivity index (χ1n) is 16.0. The predicted molar refractivity (Wildman–Crippen MR) is 177 cm³/mol. The third-order valence-electron chi connectivity index (χ3n) is 7.31. The van der Waals surface area contributed by atoms with Gasteiger partial charge in [-0.2, -0.15) is 0 Å². The first-order valence-corrected chi connectivity index (χ1v) is 16.0. The van der Waals surface area contributed by atoms with Crippen LogP contribution in [0.5, 0.6) is 11.5 Å². The number of esters is 3. The Labute approximate surface area is 276 Å². The second-order valence-electron chi connectivity index (χ2n) is 10.9. The highest BCUT2D eigenvalue weighted by Crippen LogP contribution is 2.25. The average molecular weight is 643 g/mol. The Hall–Kier alpha value is -4.73. The van der Waals surface area contributed by atoms with Gasteiger partial charge in [0.25, 0.3) is 0 Å². The molecule has 4 rings (SSSR count). The smallest absolute Gasteiger partial charge is 0.343 e. The summed E-state index contributed by atoms with van der Waals surface area (Å²) in [5.74, 6) is -0.344. The van der Waals surface area contributed by atoms with E-state index in [0.29, 0.717) is 36.9 Å². The molecule has 0 aromatic heterocycles. The van der Waals surface area contributed by atoms with Crippen LogP contribution in [0.2, 0.25) is 0 Å². The van der Waals surface area contributed by atoms with Gasteiger partial charge >= 0.3 is 17.9 Å². The maximum Gasteiger partial charge on any atom is 0.343 e. The van der Waals surface area contributed by atoms with E-state index in [1.54, 1.807) is 54.6 Å². The lowest BCUT2D eigenvalue weighted by Gasteiger charge is -2.27. The fourth-order valence-corrected chi connectivity index (χ4v) is 4.73. The first-order chi connectivity index (χ1) is 23.0. The van der Waals surface area contributed by atoms with Crippen LogP contribution in [0.25, 0.3) is 6.08 Å². The van der Waals surface area contributed by atoms with Crippen molar-refractivity contribution in [3.8, 4) is 11.5 Å². The summed E-state index contributed by atoms with van der Waals surface area (Å²) in [6.07, 6.45) is 9.83. The molecule has 1 unspecified atom stereocenters. The van der Waals surface area contributed by atoms with Gasteiger partial charge in [0, 0.05) is 18.8 Å². The molecule has 0 amide bonds. The minimum Gasteiger partial charge on any atom is -0.494 e. The number of benzene rings is 3. The van der Waals surface area contributed by atoms with E-state index in [-0.39, 0.29) is 12.9 Å². The summed E-state index contributed by atoms with van der Waals surface area (Å²) in [6, 6.07) is 23.2. The lowest BCUT2D eigenvalue weighted by atomic mass is 10.1. The number of carbonyl (C=O) groups excluding carboxylic acids is 3.